The highest BCUT2D eigenvalue weighted by Gasteiger charge is 2.26. The number of nitrogens with zero attached hydrogens (tertiary/aromatic N) is 2. The molecule has 0 spiro atoms. The zero-order chi connectivity index (χ0) is 21.0. The van der Waals surface area contributed by atoms with Crippen molar-refractivity contribution in [2.45, 2.75) is 26.7 Å². The highest BCUT2D eigenvalue weighted by molar-refractivity contribution is 6.44. The minimum absolute atomic E-state index is 0.147. The van der Waals surface area contributed by atoms with Crippen LogP contribution in [0.4, 0.5) is 11.4 Å². The molecule has 0 saturated carbocycles. The van der Waals surface area contributed by atoms with Crippen LogP contribution in [-0.4, -0.2) is 30.0 Å². The molecular formula is C21H22N4O4. The number of aryl methyl sites for hydroxylation is 2. The monoisotopic (exact) mass is 394 g/mol. The van der Waals surface area contributed by atoms with Crippen LogP contribution in [0, 0.1) is 13.8 Å². The van der Waals surface area contributed by atoms with Crippen LogP contribution in [0.1, 0.15) is 24.0 Å². The van der Waals surface area contributed by atoms with Gasteiger partial charge < -0.3 is 15.8 Å². The zero-order valence-corrected chi connectivity index (χ0v) is 16.3. The third-order valence-corrected chi connectivity index (χ3v) is 4.38. The van der Waals surface area contributed by atoms with E-state index in [0.29, 0.717) is 17.1 Å². The molecular weight excluding hydrogens is 372 g/mol. The minimum atomic E-state index is -0.569. The Morgan fingerprint density at radius 3 is 2.55 bits per heavy atom. The number of hydrazone groups is 1. The lowest BCUT2D eigenvalue weighted by molar-refractivity contribution is -0.120. The smallest absolute Gasteiger partial charge is 0.271 e. The van der Waals surface area contributed by atoms with E-state index in [-0.39, 0.29) is 37.0 Å². The van der Waals surface area contributed by atoms with Crippen LogP contribution in [0.25, 0.3) is 0 Å². The van der Waals surface area contributed by atoms with Gasteiger partial charge in [-0.3, -0.25) is 14.4 Å². The van der Waals surface area contributed by atoms with Crippen molar-refractivity contribution in [2.24, 2.45) is 10.8 Å². The molecule has 1 heterocycles. The second-order valence-corrected chi connectivity index (χ2v) is 6.78. The lowest BCUT2D eigenvalue weighted by Crippen LogP contribution is -2.36. The third kappa shape index (κ3) is 4.98. The SMILES string of the molecule is Cc1ccc(C)c(N2N=C(C(=O)Nc3ccc(OCC(N)=O)cc3)CCC2=O)c1. The van der Waals surface area contributed by atoms with Crippen molar-refractivity contribution < 1.29 is 19.1 Å². The van der Waals surface area contributed by atoms with Crippen LogP contribution in [0.3, 0.4) is 0 Å². The zero-order valence-electron chi connectivity index (χ0n) is 16.3. The first kappa shape index (κ1) is 20.1. The number of carbonyl (C=O) groups is 3. The van der Waals surface area contributed by atoms with E-state index >= 15 is 0 Å². The average Bonchev–Trinajstić information content (AvgIpc) is 2.69. The molecule has 2 aromatic rings. The Kier molecular flexibility index (Phi) is 5.92. The van der Waals surface area contributed by atoms with Crippen LogP contribution in [0.5, 0.6) is 5.75 Å². The highest BCUT2D eigenvalue weighted by Crippen LogP contribution is 2.25. The maximum atomic E-state index is 12.6. The van der Waals surface area contributed by atoms with Crippen LogP contribution in [0.2, 0.25) is 0 Å². The minimum Gasteiger partial charge on any atom is -0.484 e. The molecule has 2 aromatic carbocycles. The average molecular weight is 394 g/mol. The maximum absolute atomic E-state index is 12.6. The number of nitrogens with one attached hydrogen (secondary N) is 1. The second kappa shape index (κ2) is 8.55. The van der Waals surface area contributed by atoms with Gasteiger partial charge in [0.15, 0.2) is 6.61 Å². The maximum Gasteiger partial charge on any atom is 0.271 e. The molecule has 0 aromatic heterocycles. The van der Waals surface area contributed by atoms with Gasteiger partial charge in [0.05, 0.1) is 5.69 Å². The summed E-state index contributed by atoms with van der Waals surface area (Å²) in [4.78, 5) is 35.8. The van der Waals surface area contributed by atoms with Gasteiger partial charge in [-0.1, -0.05) is 12.1 Å². The van der Waals surface area contributed by atoms with Gasteiger partial charge >= 0.3 is 0 Å². The van der Waals surface area contributed by atoms with E-state index in [9.17, 15) is 14.4 Å². The molecule has 0 unspecified atom stereocenters. The van der Waals surface area contributed by atoms with Gasteiger partial charge in [0, 0.05) is 18.5 Å². The van der Waals surface area contributed by atoms with Crippen molar-refractivity contribution in [1.29, 1.82) is 0 Å². The van der Waals surface area contributed by atoms with E-state index in [0.717, 1.165) is 11.1 Å². The molecule has 0 atom stereocenters. The molecule has 0 radical (unpaired) electrons. The van der Waals surface area contributed by atoms with Crippen molar-refractivity contribution in [3.63, 3.8) is 0 Å². The Hall–Kier alpha value is -3.68. The van der Waals surface area contributed by atoms with E-state index in [1.165, 1.54) is 5.01 Å². The van der Waals surface area contributed by atoms with Crippen LogP contribution in [-0.2, 0) is 14.4 Å². The lowest BCUT2D eigenvalue weighted by atomic mass is 10.1. The quantitative estimate of drug-likeness (QED) is 0.782. The molecule has 0 bridgehead atoms. The summed E-state index contributed by atoms with van der Waals surface area (Å²) in [5, 5.41) is 8.38. The van der Waals surface area contributed by atoms with Gasteiger partial charge in [-0.05, 0) is 55.3 Å². The fraction of sp³-hybridized carbons (Fsp3) is 0.238. The Morgan fingerprint density at radius 1 is 1.14 bits per heavy atom. The summed E-state index contributed by atoms with van der Waals surface area (Å²) in [5.41, 5.74) is 8.44. The number of benzene rings is 2. The summed E-state index contributed by atoms with van der Waals surface area (Å²) in [6.45, 7) is 3.62. The van der Waals surface area contributed by atoms with Crippen molar-refractivity contribution in [3.8, 4) is 5.75 Å². The topological polar surface area (TPSA) is 114 Å². The third-order valence-electron chi connectivity index (χ3n) is 4.38. The first-order chi connectivity index (χ1) is 13.8. The molecule has 0 saturated heterocycles. The molecule has 8 heteroatoms. The summed E-state index contributed by atoms with van der Waals surface area (Å²) >= 11 is 0. The van der Waals surface area contributed by atoms with Crippen LogP contribution < -0.4 is 20.8 Å². The van der Waals surface area contributed by atoms with Gasteiger partial charge in [-0.25, -0.2) is 5.01 Å². The Labute approximate surface area is 168 Å². The normalized spacial score (nSPS) is 13.7. The second-order valence-electron chi connectivity index (χ2n) is 6.78. The van der Waals surface area contributed by atoms with Crippen molar-refractivity contribution in [3.05, 3.63) is 53.6 Å². The number of carbonyl (C=O) groups excluding carboxylic acids is 3. The Balaban J connectivity index is 1.74. The highest BCUT2D eigenvalue weighted by atomic mass is 16.5. The molecule has 1 aliphatic rings. The van der Waals surface area contributed by atoms with Gasteiger partial charge in [0.1, 0.15) is 11.5 Å². The van der Waals surface area contributed by atoms with Gasteiger partial charge in [-0.15, -0.1) is 0 Å². The van der Waals surface area contributed by atoms with E-state index in [1.54, 1.807) is 24.3 Å². The predicted octanol–water partition coefficient (Wildman–Crippen LogP) is 2.29. The van der Waals surface area contributed by atoms with E-state index in [1.807, 2.05) is 32.0 Å². The Morgan fingerprint density at radius 2 is 1.86 bits per heavy atom. The van der Waals surface area contributed by atoms with Crippen LogP contribution >= 0.6 is 0 Å². The molecule has 0 fully saturated rings. The number of primary amides is 1. The summed E-state index contributed by atoms with van der Waals surface area (Å²) in [6, 6.07) is 12.3. The number of rotatable bonds is 6. The summed E-state index contributed by atoms with van der Waals surface area (Å²) in [7, 11) is 0. The molecule has 8 nitrogen and oxygen atoms in total. The van der Waals surface area contributed by atoms with Gasteiger partial charge in [0.2, 0.25) is 5.91 Å². The molecule has 150 valence electrons. The largest absolute Gasteiger partial charge is 0.484 e. The number of hydrogen-bond donors (Lipinski definition) is 2. The van der Waals surface area contributed by atoms with Gasteiger partial charge in [0.25, 0.3) is 11.8 Å². The van der Waals surface area contributed by atoms with E-state index in [2.05, 4.69) is 10.4 Å². The number of nitrogens with two attached hydrogens (primary N) is 1. The number of ether oxygens (including phenoxy) is 1. The molecule has 3 amide bonds. The van der Waals surface area contributed by atoms with E-state index < -0.39 is 5.91 Å². The molecule has 1 aliphatic heterocycles. The summed E-state index contributed by atoms with van der Waals surface area (Å²) < 4.78 is 5.18. The van der Waals surface area contributed by atoms with Gasteiger partial charge in [-0.2, -0.15) is 5.10 Å². The predicted molar refractivity (Wildman–Crippen MR) is 110 cm³/mol. The Bertz CT molecular complexity index is 983. The molecule has 3 rings (SSSR count). The first-order valence-corrected chi connectivity index (χ1v) is 9.13. The van der Waals surface area contributed by atoms with Crippen molar-refractivity contribution in [2.75, 3.05) is 16.9 Å². The van der Waals surface area contributed by atoms with Crippen molar-refractivity contribution in [1.82, 2.24) is 0 Å². The number of amides is 3. The lowest BCUT2D eigenvalue weighted by Gasteiger charge is -2.24. The van der Waals surface area contributed by atoms with Crippen molar-refractivity contribution >= 4 is 34.8 Å². The van der Waals surface area contributed by atoms with E-state index in [4.69, 9.17) is 10.5 Å². The fourth-order valence-corrected chi connectivity index (χ4v) is 2.84. The standard InChI is InChI=1S/C21H22N4O4/c1-13-3-4-14(2)18(11-13)25-20(27)10-9-17(24-25)21(28)23-15-5-7-16(8-6-15)29-12-19(22)26/h3-8,11H,9-10,12H2,1-2H3,(H2,22,26)(H,23,28). The summed E-state index contributed by atoms with van der Waals surface area (Å²) in [6.07, 6.45) is 0.478. The van der Waals surface area contributed by atoms with Crippen LogP contribution in [0.15, 0.2) is 47.6 Å². The first-order valence-electron chi connectivity index (χ1n) is 9.13. The molecule has 3 N–H and O–H groups in total. The fourth-order valence-electron chi connectivity index (χ4n) is 2.84. The molecule has 29 heavy (non-hydrogen) atoms. The molecule has 0 aliphatic carbocycles. The summed E-state index contributed by atoms with van der Waals surface area (Å²) in [5.74, 6) is -0.631. The number of hydrogen-bond acceptors (Lipinski definition) is 5. The number of anilines is 2.